The molecule has 42 heavy (non-hydrogen) atoms. The van der Waals surface area contributed by atoms with Crippen molar-refractivity contribution in [2.45, 2.75) is 114 Å². The van der Waals surface area contributed by atoms with Crippen molar-refractivity contribution in [2.75, 3.05) is 46.1 Å². The van der Waals surface area contributed by atoms with Crippen LogP contribution >= 0.6 is 0 Å². The SMILES string of the molecule is CCOC1CC(C(=O)N2C3CCC2COC3)CCC1C(=O)NC[C@@H](O)[C@@H]1CC2CCC(OCC3CCNN3)CC2CN1. The molecular formula is C31H53N5O6. The monoisotopic (exact) mass is 591 g/mol. The molecule has 9 unspecified atom stereocenters. The van der Waals surface area contributed by atoms with Crippen molar-refractivity contribution >= 4 is 11.8 Å². The standard InChI is InChI=1S/C31H53N5O6/c1-2-41-29-13-20(31(39)36-23-5-6-24(36)18-40-17-23)4-8-26(29)30(38)33-15-28(37)27-12-19-3-7-25(11-21(19)14-32-27)42-16-22-9-10-34-35-22/h19-29,32,34-35,37H,2-18H2,1H3,(H,33,38)/t19?,20?,21?,22?,23?,24?,25?,26?,27-,28+,29?/m0/s1. The van der Waals surface area contributed by atoms with Gasteiger partial charge in [0.1, 0.15) is 0 Å². The Bertz CT molecular complexity index is 904. The van der Waals surface area contributed by atoms with Gasteiger partial charge >= 0.3 is 0 Å². The van der Waals surface area contributed by atoms with Crippen molar-refractivity contribution in [3.8, 4) is 0 Å². The number of aliphatic hydroxyl groups is 1. The number of hydrogen-bond acceptors (Lipinski definition) is 9. The summed E-state index contributed by atoms with van der Waals surface area (Å²) in [4.78, 5) is 28.9. The van der Waals surface area contributed by atoms with E-state index in [0.717, 1.165) is 64.6 Å². The minimum atomic E-state index is -0.634. The van der Waals surface area contributed by atoms with Crippen molar-refractivity contribution in [3.05, 3.63) is 0 Å². The van der Waals surface area contributed by atoms with Crippen molar-refractivity contribution in [1.82, 2.24) is 26.4 Å². The second kappa shape index (κ2) is 14.2. The third-order valence-electron chi connectivity index (χ3n) is 11.1. The molecule has 6 fully saturated rings. The van der Waals surface area contributed by atoms with Crippen LogP contribution in [0.5, 0.6) is 0 Å². The lowest BCUT2D eigenvalue weighted by Crippen LogP contribution is -2.55. The Morgan fingerprint density at radius 3 is 2.60 bits per heavy atom. The number of piperidine rings is 1. The molecule has 4 saturated heterocycles. The second-order valence-electron chi connectivity index (χ2n) is 13.7. The van der Waals surface area contributed by atoms with E-state index < -0.39 is 6.10 Å². The number of hydrogen-bond donors (Lipinski definition) is 5. The molecule has 11 nitrogen and oxygen atoms in total. The molecule has 0 aromatic carbocycles. The van der Waals surface area contributed by atoms with Crippen LogP contribution in [0.25, 0.3) is 0 Å². The zero-order valence-corrected chi connectivity index (χ0v) is 25.3. The van der Waals surface area contributed by atoms with Gasteiger partial charge in [-0.05, 0) is 89.5 Å². The molecule has 0 aromatic heterocycles. The first kappa shape index (κ1) is 30.7. The van der Waals surface area contributed by atoms with Crippen LogP contribution < -0.4 is 21.5 Å². The van der Waals surface area contributed by atoms with Gasteiger partial charge in [-0.1, -0.05) is 0 Å². The molecule has 2 bridgehead atoms. The summed E-state index contributed by atoms with van der Waals surface area (Å²) in [7, 11) is 0. The molecule has 6 rings (SSSR count). The fraction of sp³-hybridized carbons (Fsp3) is 0.935. The van der Waals surface area contributed by atoms with E-state index in [-0.39, 0.29) is 54.4 Å². The van der Waals surface area contributed by atoms with Crippen LogP contribution in [0.15, 0.2) is 0 Å². The predicted octanol–water partition coefficient (Wildman–Crippen LogP) is 0.705. The fourth-order valence-corrected chi connectivity index (χ4v) is 8.64. The maximum atomic E-state index is 13.5. The number of hydrazine groups is 1. The number of amides is 2. The lowest BCUT2D eigenvalue weighted by molar-refractivity contribution is -0.152. The molecule has 11 heteroatoms. The highest BCUT2D eigenvalue weighted by Crippen LogP contribution is 2.38. The van der Waals surface area contributed by atoms with Crippen molar-refractivity contribution in [1.29, 1.82) is 0 Å². The zero-order chi connectivity index (χ0) is 29.1. The number of fused-ring (bicyclic) bond motifs is 3. The van der Waals surface area contributed by atoms with Gasteiger partial charge in [0.05, 0.1) is 56.1 Å². The summed E-state index contributed by atoms with van der Waals surface area (Å²) in [6, 6.07) is 0.799. The molecule has 0 spiro atoms. The highest BCUT2D eigenvalue weighted by atomic mass is 16.5. The van der Waals surface area contributed by atoms with Crippen LogP contribution in [-0.4, -0.2) is 110 Å². The Balaban J connectivity index is 0.939. The lowest BCUT2D eigenvalue weighted by atomic mass is 9.72. The van der Waals surface area contributed by atoms with Crippen LogP contribution in [0.2, 0.25) is 0 Å². The van der Waals surface area contributed by atoms with Crippen LogP contribution in [0.4, 0.5) is 0 Å². The first-order valence-electron chi connectivity index (χ1n) is 16.8. The van der Waals surface area contributed by atoms with Gasteiger partial charge in [-0.3, -0.25) is 20.4 Å². The number of morpholine rings is 1. The molecule has 238 valence electrons. The van der Waals surface area contributed by atoms with E-state index in [1.54, 1.807) is 0 Å². The van der Waals surface area contributed by atoms with Gasteiger partial charge in [-0.2, -0.15) is 0 Å². The van der Waals surface area contributed by atoms with Gasteiger partial charge < -0.3 is 34.9 Å². The third kappa shape index (κ3) is 6.98. The Morgan fingerprint density at radius 1 is 1.00 bits per heavy atom. The largest absolute Gasteiger partial charge is 0.390 e. The van der Waals surface area contributed by atoms with Crippen LogP contribution in [0.3, 0.4) is 0 Å². The number of nitrogens with zero attached hydrogens (tertiary/aromatic N) is 1. The molecule has 4 aliphatic heterocycles. The van der Waals surface area contributed by atoms with Gasteiger partial charge in [0.25, 0.3) is 0 Å². The quantitative estimate of drug-likeness (QED) is 0.249. The summed E-state index contributed by atoms with van der Waals surface area (Å²) < 4.78 is 18.0. The molecule has 11 atom stereocenters. The van der Waals surface area contributed by atoms with Crippen LogP contribution in [-0.2, 0) is 23.8 Å². The van der Waals surface area contributed by atoms with Gasteiger partial charge in [-0.15, -0.1) is 0 Å². The van der Waals surface area contributed by atoms with Gasteiger partial charge in [0.15, 0.2) is 0 Å². The molecule has 6 aliphatic rings. The molecule has 0 aromatic rings. The van der Waals surface area contributed by atoms with Crippen molar-refractivity contribution in [3.63, 3.8) is 0 Å². The Kier molecular flexibility index (Phi) is 10.4. The van der Waals surface area contributed by atoms with Gasteiger partial charge in [0, 0.05) is 37.7 Å². The predicted molar refractivity (Wildman–Crippen MR) is 156 cm³/mol. The number of aliphatic hydroxyl groups excluding tert-OH is 1. The number of carbonyl (C=O) groups is 2. The molecule has 4 heterocycles. The fourth-order valence-electron chi connectivity index (χ4n) is 8.64. The number of rotatable bonds is 10. The van der Waals surface area contributed by atoms with E-state index in [9.17, 15) is 14.7 Å². The van der Waals surface area contributed by atoms with Gasteiger partial charge in [0.2, 0.25) is 11.8 Å². The lowest BCUT2D eigenvalue weighted by Gasteiger charge is -2.44. The van der Waals surface area contributed by atoms with E-state index >= 15 is 0 Å². The van der Waals surface area contributed by atoms with Gasteiger partial charge in [-0.25, -0.2) is 0 Å². The molecular weight excluding hydrogens is 538 g/mol. The van der Waals surface area contributed by atoms with Crippen molar-refractivity contribution in [2.24, 2.45) is 23.7 Å². The molecule has 5 N–H and O–H groups in total. The Morgan fingerprint density at radius 2 is 1.83 bits per heavy atom. The molecule has 0 radical (unpaired) electrons. The summed E-state index contributed by atoms with van der Waals surface area (Å²) >= 11 is 0. The number of ether oxygens (including phenoxy) is 3. The molecule has 2 amide bonds. The van der Waals surface area contributed by atoms with E-state index in [0.29, 0.717) is 63.1 Å². The normalized spacial score (nSPS) is 40.9. The van der Waals surface area contributed by atoms with E-state index in [1.807, 2.05) is 6.92 Å². The maximum absolute atomic E-state index is 13.5. The smallest absolute Gasteiger partial charge is 0.226 e. The summed E-state index contributed by atoms with van der Waals surface area (Å²) in [6.45, 7) is 6.62. The summed E-state index contributed by atoms with van der Waals surface area (Å²) in [5, 5.41) is 17.7. The summed E-state index contributed by atoms with van der Waals surface area (Å²) in [5.41, 5.74) is 6.44. The number of carbonyl (C=O) groups excluding carboxylic acids is 2. The minimum absolute atomic E-state index is 0.0160. The van der Waals surface area contributed by atoms with Crippen LogP contribution in [0.1, 0.15) is 71.1 Å². The minimum Gasteiger partial charge on any atom is -0.390 e. The summed E-state index contributed by atoms with van der Waals surface area (Å²) in [5.74, 6) is 0.919. The Hall–Kier alpha value is -1.34. The zero-order valence-electron chi connectivity index (χ0n) is 25.3. The highest BCUT2D eigenvalue weighted by Gasteiger charge is 2.46. The first-order valence-corrected chi connectivity index (χ1v) is 16.8. The van der Waals surface area contributed by atoms with Crippen LogP contribution in [0, 0.1) is 23.7 Å². The molecule has 2 aliphatic carbocycles. The second-order valence-corrected chi connectivity index (χ2v) is 13.7. The summed E-state index contributed by atoms with van der Waals surface area (Å²) in [6.07, 6.45) is 8.70. The maximum Gasteiger partial charge on any atom is 0.226 e. The average Bonchev–Trinajstić information content (AvgIpc) is 3.63. The van der Waals surface area contributed by atoms with E-state index in [2.05, 4.69) is 26.4 Å². The average molecular weight is 592 g/mol. The number of nitrogens with one attached hydrogen (secondary N) is 4. The third-order valence-corrected chi connectivity index (χ3v) is 11.1. The first-order chi connectivity index (χ1) is 20.5. The van der Waals surface area contributed by atoms with E-state index in [4.69, 9.17) is 14.2 Å². The van der Waals surface area contributed by atoms with E-state index in [1.165, 1.54) is 0 Å². The topological polar surface area (TPSA) is 133 Å². The highest BCUT2D eigenvalue weighted by molar-refractivity contribution is 5.82. The molecule has 2 saturated carbocycles. The van der Waals surface area contributed by atoms with Crippen molar-refractivity contribution < 1.29 is 28.9 Å². The Labute approximate surface area is 250 Å².